The molecule has 1 heterocycles. The van der Waals surface area contributed by atoms with Gasteiger partial charge in [0.25, 0.3) is 5.91 Å². The van der Waals surface area contributed by atoms with Crippen molar-refractivity contribution in [2.75, 3.05) is 31.4 Å². The van der Waals surface area contributed by atoms with Gasteiger partial charge in [-0.2, -0.15) is 0 Å². The zero-order chi connectivity index (χ0) is 20.3. The smallest absolute Gasteiger partial charge is 0.319 e. The second kappa shape index (κ2) is 8.04. The van der Waals surface area contributed by atoms with Gasteiger partial charge in [-0.1, -0.05) is 24.3 Å². The summed E-state index contributed by atoms with van der Waals surface area (Å²) in [6.07, 6.45) is 0. The summed E-state index contributed by atoms with van der Waals surface area (Å²) in [6, 6.07) is 14.0. The fraction of sp³-hybridized carbons (Fsp3) is 0.238. The molecule has 2 aromatic carbocycles. The van der Waals surface area contributed by atoms with Crippen LogP contribution in [0.25, 0.3) is 0 Å². The number of hydrogen-bond donors (Lipinski definition) is 3. The van der Waals surface area contributed by atoms with E-state index in [1.807, 2.05) is 55.4 Å². The van der Waals surface area contributed by atoms with E-state index in [9.17, 15) is 9.59 Å². The number of carbonyl (C=O) groups is 2. The number of urea groups is 1. The summed E-state index contributed by atoms with van der Waals surface area (Å²) in [5, 5.41) is 8.41. The summed E-state index contributed by atoms with van der Waals surface area (Å²) in [7, 11) is 5.46. The van der Waals surface area contributed by atoms with Crippen molar-refractivity contribution in [3.63, 3.8) is 0 Å². The average molecular weight is 380 g/mol. The molecule has 3 N–H and O–H groups in total. The SMILES string of the molecule is COc1ccccc1NC(=O)C1=C(C)NC(=O)NC1c1ccc(N(C)C)cc1. The maximum absolute atomic E-state index is 13.1. The van der Waals surface area contributed by atoms with Gasteiger partial charge in [0.2, 0.25) is 0 Å². The highest BCUT2D eigenvalue weighted by Gasteiger charge is 2.31. The van der Waals surface area contributed by atoms with Crippen LogP contribution in [-0.2, 0) is 4.79 Å². The first-order valence-electron chi connectivity index (χ1n) is 8.90. The summed E-state index contributed by atoms with van der Waals surface area (Å²) in [5.74, 6) is 0.255. The normalized spacial score (nSPS) is 16.1. The largest absolute Gasteiger partial charge is 0.495 e. The molecule has 0 saturated carbocycles. The molecule has 0 bridgehead atoms. The van der Waals surface area contributed by atoms with Gasteiger partial charge < -0.3 is 25.6 Å². The van der Waals surface area contributed by atoms with Crippen molar-refractivity contribution in [1.29, 1.82) is 0 Å². The van der Waals surface area contributed by atoms with Crippen LogP contribution in [0.15, 0.2) is 59.8 Å². The first kappa shape index (κ1) is 19.3. The molecule has 0 radical (unpaired) electrons. The highest BCUT2D eigenvalue weighted by atomic mass is 16.5. The molecule has 1 unspecified atom stereocenters. The molecule has 146 valence electrons. The summed E-state index contributed by atoms with van der Waals surface area (Å²) in [6.45, 7) is 1.72. The van der Waals surface area contributed by atoms with Crippen molar-refractivity contribution >= 4 is 23.3 Å². The number of para-hydroxylation sites is 2. The number of rotatable bonds is 5. The van der Waals surface area contributed by atoms with Crippen LogP contribution in [0.1, 0.15) is 18.5 Å². The van der Waals surface area contributed by atoms with Crippen LogP contribution in [0.4, 0.5) is 16.2 Å². The molecule has 3 amide bonds. The van der Waals surface area contributed by atoms with Crippen LogP contribution < -0.4 is 25.6 Å². The number of hydrogen-bond acceptors (Lipinski definition) is 4. The van der Waals surface area contributed by atoms with Gasteiger partial charge in [0, 0.05) is 25.5 Å². The molecule has 2 aromatic rings. The van der Waals surface area contributed by atoms with E-state index in [2.05, 4.69) is 16.0 Å². The molecule has 1 aliphatic rings. The molecule has 7 heteroatoms. The third kappa shape index (κ3) is 3.93. The topological polar surface area (TPSA) is 82.7 Å². The second-order valence-corrected chi connectivity index (χ2v) is 6.71. The maximum atomic E-state index is 13.1. The fourth-order valence-corrected chi connectivity index (χ4v) is 3.15. The number of allylic oxidation sites excluding steroid dienone is 1. The fourth-order valence-electron chi connectivity index (χ4n) is 3.15. The summed E-state index contributed by atoms with van der Waals surface area (Å²) >= 11 is 0. The third-order valence-electron chi connectivity index (χ3n) is 4.61. The summed E-state index contributed by atoms with van der Waals surface area (Å²) in [4.78, 5) is 27.1. The van der Waals surface area contributed by atoms with Crippen LogP contribution in [0.3, 0.4) is 0 Å². The van der Waals surface area contributed by atoms with Crippen LogP contribution in [0.5, 0.6) is 5.75 Å². The van der Waals surface area contributed by atoms with E-state index < -0.39 is 6.04 Å². The minimum atomic E-state index is -0.556. The minimum absolute atomic E-state index is 0.309. The van der Waals surface area contributed by atoms with Gasteiger partial charge in [-0.05, 0) is 36.8 Å². The molecule has 1 atom stereocenters. The van der Waals surface area contributed by atoms with Crippen LogP contribution in [0, 0.1) is 0 Å². The Labute approximate surface area is 164 Å². The maximum Gasteiger partial charge on any atom is 0.319 e. The Morgan fingerprint density at radius 1 is 1.11 bits per heavy atom. The monoisotopic (exact) mass is 380 g/mol. The van der Waals surface area contributed by atoms with Crippen LogP contribution in [0.2, 0.25) is 0 Å². The number of anilines is 2. The first-order chi connectivity index (χ1) is 13.4. The quantitative estimate of drug-likeness (QED) is 0.745. The van der Waals surface area contributed by atoms with Gasteiger partial charge in [0.05, 0.1) is 24.4 Å². The second-order valence-electron chi connectivity index (χ2n) is 6.71. The van der Waals surface area contributed by atoms with Gasteiger partial charge in [-0.25, -0.2) is 4.79 Å². The Morgan fingerprint density at radius 3 is 2.43 bits per heavy atom. The summed E-state index contributed by atoms with van der Waals surface area (Å²) in [5.41, 5.74) is 3.38. The van der Waals surface area contributed by atoms with E-state index >= 15 is 0 Å². The number of nitrogens with one attached hydrogen (secondary N) is 3. The highest BCUT2D eigenvalue weighted by molar-refractivity contribution is 6.07. The van der Waals surface area contributed by atoms with Crippen molar-refractivity contribution in [2.24, 2.45) is 0 Å². The van der Waals surface area contributed by atoms with Gasteiger partial charge >= 0.3 is 6.03 Å². The molecular formula is C21H24N4O3. The lowest BCUT2D eigenvalue weighted by Crippen LogP contribution is -2.46. The van der Waals surface area contributed by atoms with Gasteiger partial charge in [-0.3, -0.25) is 4.79 Å². The van der Waals surface area contributed by atoms with Crippen molar-refractivity contribution in [2.45, 2.75) is 13.0 Å². The Morgan fingerprint density at radius 2 is 1.79 bits per heavy atom. The van der Waals surface area contributed by atoms with Gasteiger partial charge in [0.1, 0.15) is 5.75 Å². The Kier molecular flexibility index (Phi) is 5.54. The molecule has 3 rings (SSSR count). The minimum Gasteiger partial charge on any atom is -0.495 e. The van der Waals surface area contributed by atoms with Crippen molar-refractivity contribution < 1.29 is 14.3 Å². The average Bonchev–Trinajstić information content (AvgIpc) is 2.67. The van der Waals surface area contributed by atoms with Gasteiger partial charge in [-0.15, -0.1) is 0 Å². The molecule has 0 aliphatic carbocycles. The van der Waals surface area contributed by atoms with E-state index in [4.69, 9.17) is 4.74 Å². The first-order valence-corrected chi connectivity index (χ1v) is 8.90. The van der Waals surface area contributed by atoms with E-state index in [-0.39, 0.29) is 11.9 Å². The lowest BCUT2D eigenvalue weighted by atomic mass is 9.94. The van der Waals surface area contributed by atoms with Crippen molar-refractivity contribution in [3.8, 4) is 5.75 Å². The molecule has 0 fully saturated rings. The van der Waals surface area contributed by atoms with Crippen LogP contribution in [-0.4, -0.2) is 33.1 Å². The predicted octanol–water partition coefficient (Wildman–Crippen LogP) is 3.03. The van der Waals surface area contributed by atoms with Gasteiger partial charge in [0.15, 0.2) is 0 Å². The summed E-state index contributed by atoms with van der Waals surface area (Å²) < 4.78 is 5.30. The van der Waals surface area contributed by atoms with E-state index in [0.29, 0.717) is 22.7 Å². The number of carbonyl (C=O) groups excluding carboxylic acids is 2. The molecule has 1 aliphatic heterocycles. The Balaban J connectivity index is 1.94. The number of benzene rings is 2. The zero-order valence-electron chi connectivity index (χ0n) is 16.4. The molecule has 28 heavy (non-hydrogen) atoms. The number of amides is 3. The molecule has 0 spiro atoms. The molecule has 7 nitrogen and oxygen atoms in total. The van der Waals surface area contributed by atoms with Crippen LogP contribution >= 0.6 is 0 Å². The van der Waals surface area contributed by atoms with E-state index in [0.717, 1.165) is 11.3 Å². The Hall–Kier alpha value is -3.48. The highest BCUT2D eigenvalue weighted by Crippen LogP contribution is 2.30. The van der Waals surface area contributed by atoms with E-state index in [1.165, 1.54) is 0 Å². The standard InChI is InChI=1S/C21H24N4O3/c1-13-18(20(26)23-16-7-5-6-8-17(16)28-4)19(24-21(27)22-13)14-9-11-15(12-10-14)25(2)3/h5-12,19H,1-4H3,(H,23,26)(H2,22,24,27). The molecular weight excluding hydrogens is 356 g/mol. The number of ether oxygens (including phenoxy) is 1. The lowest BCUT2D eigenvalue weighted by molar-refractivity contribution is -0.113. The Bertz CT molecular complexity index is 920. The zero-order valence-corrected chi connectivity index (χ0v) is 16.4. The van der Waals surface area contributed by atoms with Crippen molar-refractivity contribution in [3.05, 3.63) is 65.4 Å². The predicted molar refractivity (Wildman–Crippen MR) is 110 cm³/mol. The lowest BCUT2D eigenvalue weighted by Gasteiger charge is -2.29. The number of methoxy groups -OCH3 is 1. The third-order valence-corrected chi connectivity index (χ3v) is 4.61. The number of nitrogens with zero attached hydrogens (tertiary/aromatic N) is 1. The molecule has 0 aromatic heterocycles. The van der Waals surface area contributed by atoms with Crippen molar-refractivity contribution in [1.82, 2.24) is 10.6 Å². The molecule has 0 saturated heterocycles. The van der Waals surface area contributed by atoms with E-state index in [1.54, 1.807) is 26.2 Å².